The summed E-state index contributed by atoms with van der Waals surface area (Å²) in [5, 5.41) is 32.8. The summed E-state index contributed by atoms with van der Waals surface area (Å²) in [6, 6.07) is 9.33. The average Bonchev–Trinajstić information content (AvgIpc) is 3.00. The number of nitriles is 1. The van der Waals surface area contributed by atoms with E-state index in [0.29, 0.717) is 17.9 Å². The van der Waals surface area contributed by atoms with Crippen molar-refractivity contribution in [2.45, 2.75) is 25.5 Å². The zero-order chi connectivity index (χ0) is 16.1. The normalized spacial score (nSPS) is 13.1. The van der Waals surface area contributed by atoms with Gasteiger partial charge in [0, 0.05) is 24.2 Å². The third-order valence-corrected chi connectivity index (χ3v) is 3.18. The van der Waals surface area contributed by atoms with Crippen LogP contribution in [0.1, 0.15) is 30.8 Å². The van der Waals surface area contributed by atoms with Gasteiger partial charge in [0.15, 0.2) is 0 Å². The molecular weight excluding hydrogens is 286 g/mol. The van der Waals surface area contributed by atoms with Crippen LogP contribution in [0.5, 0.6) is 0 Å². The Bertz CT molecular complexity index is 691. The molecule has 0 saturated heterocycles. The fraction of sp³-hybridized carbons (Fsp3) is 0.267. The minimum Gasteiger partial charge on any atom is -0.467 e. The lowest BCUT2D eigenvalue weighted by Crippen LogP contribution is -2.18. The zero-order valence-electron chi connectivity index (χ0n) is 11.9. The molecule has 0 spiro atoms. The number of hydrogen-bond acceptors (Lipinski definition) is 6. The van der Waals surface area contributed by atoms with Crippen LogP contribution in [-0.2, 0) is 0 Å². The first-order valence-corrected chi connectivity index (χ1v) is 6.67. The van der Waals surface area contributed by atoms with Gasteiger partial charge in [0.05, 0.1) is 11.2 Å². The van der Waals surface area contributed by atoms with Crippen LogP contribution in [-0.4, -0.2) is 16.1 Å². The van der Waals surface area contributed by atoms with E-state index in [9.17, 15) is 15.2 Å². The van der Waals surface area contributed by atoms with E-state index in [2.05, 4.69) is 5.32 Å². The smallest absolute Gasteiger partial charge is 0.287 e. The molecule has 7 heteroatoms. The number of aliphatic hydroxyl groups excluding tert-OH is 1. The molecule has 7 nitrogen and oxygen atoms in total. The molecule has 1 heterocycles. The van der Waals surface area contributed by atoms with E-state index in [1.165, 1.54) is 24.5 Å². The number of aliphatic hydroxyl groups is 1. The Morgan fingerprint density at radius 1 is 1.50 bits per heavy atom. The first-order valence-electron chi connectivity index (χ1n) is 6.67. The number of rotatable bonds is 6. The van der Waals surface area contributed by atoms with Crippen molar-refractivity contribution < 1.29 is 14.4 Å². The Kier molecular flexibility index (Phi) is 4.76. The topological polar surface area (TPSA) is 112 Å². The van der Waals surface area contributed by atoms with Gasteiger partial charge < -0.3 is 14.8 Å². The average molecular weight is 301 g/mol. The lowest BCUT2D eigenvalue weighted by Gasteiger charge is -2.18. The number of nitro benzene ring substituents is 1. The predicted molar refractivity (Wildman–Crippen MR) is 79.2 cm³/mol. The predicted octanol–water partition coefficient (Wildman–Crippen LogP) is 2.98. The molecule has 0 aliphatic heterocycles. The van der Waals surface area contributed by atoms with Gasteiger partial charge >= 0.3 is 0 Å². The molecule has 0 bridgehead atoms. The van der Waals surface area contributed by atoms with Gasteiger partial charge in [0.25, 0.3) is 5.69 Å². The third kappa shape index (κ3) is 3.62. The standard InChI is InChI=1S/C15H15N3O4/c1-10(7-14(19)15-3-2-6-22-15)17-12-4-5-13(18(20)21)11(8-12)9-16/h2-6,8,10,14,17,19H,7H2,1H3/t10-,14-/m0/s1. The van der Waals surface area contributed by atoms with Gasteiger partial charge in [-0.05, 0) is 31.2 Å². The van der Waals surface area contributed by atoms with Gasteiger partial charge in [-0.1, -0.05) is 0 Å². The second kappa shape index (κ2) is 6.74. The first-order chi connectivity index (χ1) is 10.5. The molecule has 2 atom stereocenters. The van der Waals surface area contributed by atoms with Gasteiger partial charge in [0.1, 0.15) is 23.5 Å². The van der Waals surface area contributed by atoms with Crippen LogP contribution in [0, 0.1) is 21.4 Å². The van der Waals surface area contributed by atoms with Gasteiger partial charge in [-0.15, -0.1) is 0 Å². The largest absolute Gasteiger partial charge is 0.467 e. The van der Waals surface area contributed by atoms with E-state index in [-0.39, 0.29) is 17.3 Å². The van der Waals surface area contributed by atoms with Crippen LogP contribution in [0.3, 0.4) is 0 Å². The van der Waals surface area contributed by atoms with Crippen LogP contribution in [0.4, 0.5) is 11.4 Å². The molecule has 2 aromatic rings. The van der Waals surface area contributed by atoms with Crippen molar-refractivity contribution in [2.24, 2.45) is 0 Å². The molecule has 2 rings (SSSR count). The van der Waals surface area contributed by atoms with Crippen LogP contribution >= 0.6 is 0 Å². The highest BCUT2D eigenvalue weighted by molar-refractivity contribution is 5.58. The highest BCUT2D eigenvalue weighted by Crippen LogP contribution is 2.24. The van der Waals surface area contributed by atoms with E-state index in [1.807, 2.05) is 13.0 Å². The molecule has 0 aliphatic carbocycles. The highest BCUT2D eigenvalue weighted by Gasteiger charge is 2.17. The minimum atomic E-state index is -0.744. The molecule has 114 valence electrons. The Balaban J connectivity index is 2.04. The highest BCUT2D eigenvalue weighted by atomic mass is 16.6. The molecule has 1 aromatic heterocycles. The van der Waals surface area contributed by atoms with Crippen molar-refractivity contribution in [3.8, 4) is 6.07 Å². The summed E-state index contributed by atoms with van der Waals surface area (Å²) in [5.74, 6) is 0.482. The van der Waals surface area contributed by atoms with E-state index < -0.39 is 11.0 Å². The van der Waals surface area contributed by atoms with Crippen LogP contribution in [0.2, 0.25) is 0 Å². The summed E-state index contributed by atoms with van der Waals surface area (Å²) >= 11 is 0. The Labute approximate surface area is 126 Å². The van der Waals surface area contributed by atoms with Gasteiger partial charge in [0.2, 0.25) is 0 Å². The van der Waals surface area contributed by atoms with E-state index in [1.54, 1.807) is 12.1 Å². The quantitative estimate of drug-likeness (QED) is 0.626. The second-order valence-electron chi connectivity index (χ2n) is 4.91. The van der Waals surface area contributed by atoms with E-state index in [4.69, 9.17) is 9.68 Å². The number of nitro groups is 1. The van der Waals surface area contributed by atoms with Crippen LogP contribution in [0.15, 0.2) is 41.0 Å². The Morgan fingerprint density at radius 3 is 2.86 bits per heavy atom. The van der Waals surface area contributed by atoms with Crippen molar-refractivity contribution in [3.05, 3.63) is 58.0 Å². The lowest BCUT2D eigenvalue weighted by molar-refractivity contribution is -0.385. The van der Waals surface area contributed by atoms with E-state index in [0.717, 1.165) is 0 Å². The molecule has 0 aliphatic rings. The number of nitrogens with one attached hydrogen (secondary N) is 1. The summed E-state index contributed by atoms with van der Waals surface area (Å²) < 4.78 is 5.13. The van der Waals surface area contributed by atoms with Crippen LogP contribution in [0.25, 0.3) is 0 Å². The van der Waals surface area contributed by atoms with Crippen molar-refractivity contribution in [1.82, 2.24) is 0 Å². The third-order valence-electron chi connectivity index (χ3n) is 3.18. The first kappa shape index (κ1) is 15.5. The number of anilines is 1. The van der Waals surface area contributed by atoms with Crippen LogP contribution < -0.4 is 5.32 Å². The molecule has 0 unspecified atom stereocenters. The van der Waals surface area contributed by atoms with Crippen molar-refractivity contribution in [3.63, 3.8) is 0 Å². The van der Waals surface area contributed by atoms with Crippen molar-refractivity contribution in [1.29, 1.82) is 5.26 Å². The molecule has 0 saturated carbocycles. The van der Waals surface area contributed by atoms with E-state index >= 15 is 0 Å². The summed E-state index contributed by atoms with van der Waals surface area (Å²) in [6.45, 7) is 1.86. The molecule has 0 radical (unpaired) electrons. The van der Waals surface area contributed by atoms with Crippen molar-refractivity contribution >= 4 is 11.4 Å². The zero-order valence-corrected chi connectivity index (χ0v) is 11.9. The number of benzene rings is 1. The number of nitrogens with zero attached hydrogens (tertiary/aromatic N) is 2. The molecule has 0 fully saturated rings. The Hall–Kier alpha value is -2.85. The molecule has 1 aromatic carbocycles. The Morgan fingerprint density at radius 2 is 2.27 bits per heavy atom. The number of furan rings is 1. The molecule has 22 heavy (non-hydrogen) atoms. The maximum Gasteiger partial charge on any atom is 0.287 e. The summed E-state index contributed by atoms with van der Waals surface area (Å²) in [4.78, 5) is 10.2. The maximum absolute atomic E-state index is 10.8. The maximum atomic E-state index is 10.8. The molecule has 2 N–H and O–H groups in total. The SMILES string of the molecule is C[C@@H](C[C@H](O)c1ccco1)Nc1ccc([N+](=O)[O-])c(C#N)c1. The van der Waals surface area contributed by atoms with Gasteiger partial charge in [-0.3, -0.25) is 10.1 Å². The summed E-state index contributed by atoms with van der Waals surface area (Å²) in [6.07, 6.45) is 1.14. The fourth-order valence-corrected chi connectivity index (χ4v) is 2.15. The summed E-state index contributed by atoms with van der Waals surface area (Å²) in [7, 11) is 0. The van der Waals surface area contributed by atoms with Crippen molar-refractivity contribution in [2.75, 3.05) is 5.32 Å². The lowest BCUT2D eigenvalue weighted by atomic mass is 10.1. The monoisotopic (exact) mass is 301 g/mol. The van der Waals surface area contributed by atoms with Gasteiger partial charge in [-0.25, -0.2) is 0 Å². The number of hydrogen-bond donors (Lipinski definition) is 2. The van der Waals surface area contributed by atoms with Gasteiger partial charge in [-0.2, -0.15) is 5.26 Å². The fourth-order valence-electron chi connectivity index (χ4n) is 2.15. The second-order valence-corrected chi connectivity index (χ2v) is 4.91. The molecule has 0 amide bonds. The minimum absolute atomic E-state index is 0.00576. The summed E-state index contributed by atoms with van der Waals surface area (Å²) in [5.41, 5.74) is 0.353. The molecular formula is C15H15N3O4.